The van der Waals surface area contributed by atoms with E-state index < -0.39 is 0 Å². The van der Waals surface area contributed by atoms with E-state index in [0.717, 1.165) is 93.9 Å². The van der Waals surface area contributed by atoms with Gasteiger partial charge in [-0.3, -0.25) is 0 Å². The normalized spacial score (nSPS) is 12.0. The van der Waals surface area contributed by atoms with Crippen LogP contribution >= 0.6 is 0 Å². The Labute approximate surface area is 256 Å². The molecule has 4 heterocycles. The van der Waals surface area contributed by atoms with Crippen molar-refractivity contribution in [1.82, 2.24) is 9.97 Å². The number of rotatable bonds is 3. The lowest BCUT2D eigenvalue weighted by Crippen LogP contribution is -1.96. The number of para-hydroxylation sites is 2. The summed E-state index contributed by atoms with van der Waals surface area (Å²) < 4.78 is 19.6. The topological polar surface area (TPSA) is 65.2 Å². The summed E-state index contributed by atoms with van der Waals surface area (Å²) in [7, 11) is 0. The van der Waals surface area contributed by atoms with Crippen molar-refractivity contribution in [3.05, 3.63) is 133 Å². The van der Waals surface area contributed by atoms with Crippen molar-refractivity contribution in [2.24, 2.45) is 0 Å². The number of benzene rings is 6. The van der Waals surface area contributed by atoms with Gasteiger partial charge in [0.25, 0.3) is 0 Å². The van der Waals surface area contributed by atoms with Gasteiger partial charge in [0.2, 0.25) is 0 Å². The molecule has 0 amide bonds. The lowest BCUT2D eigenvalue weighted by atomic mass is 9.97. The molecule has 0 aliphatic rings. The average Bonchev–Trinajstić information content (AvgIpc) is 3.79. The molecular weight excluding hydrogens is 556 g/mol. The van der Waals surface area contributed by atoms with E-state index in [0.29, 0.717) is 5.82 Å². The van der Waals surface area contributed by atoms with E-state index in [1.807, 2.05) is 97.1 Å². The maximum absolute atomic E-state index is 6.73. The average molecular weight is 579 g/mol. The first-order chi connectivity index (χ1) is 22.3. The van der Waals surface area contributed by atoms with Crippen LogP contribution in [0.3, 0.4) is 0 Å². The van der Waals surface area contributed by atoms with Crippen LogP contribution in [0.25, 0.3) is 99.7 Å². The Hall–Kier alpha value is -6.20. The minimum absolute atomic E-state index is 0.657. The van der Waals surface area contributed by atoms with Crippen molar-refractivity contribution in [3.8, 4) is 33.9 Å². The Bertz CT molecular complexity index is 2700. The molecular formula is C40H22N2O3. The van der Waals surface area contributed by atoms with Gasteiger partial charge in [0, 0.05) is 43.6 Å². The monoisotopic (exact) mass is 578 g/mol. The van der Waals surface area contributed by atoms with E-state index in [1.165, 1.54) is 0 Å². The summed E-state index contributed by atoms with van der Waals surface area (Å²) in [6.07, 6.45) is 0. The van der Waals surface area contributed by atoms with E-state index in [-0.39, 0.29) is 0 Å². The fourth-order valence-electron chi connectivity index (χ4n) is 6.70. The molecule has 0 bridgehead atoms. The van der Waals surface area contributed by atoms with Crippen molar-refractivity contribution in [1.29, 1.82) is 0 Å². The summed E-state index contributed by atoms with van der Waals surface area (Å²) in [5.74, 6) is 0.657. The molecule has 0 spiro atoms. The van der Waals surface area contributed by atoms with Gasteiger partial charge in [-0.05, 0) is 36.4 Å². The molecule has 0 saturated carbocycles. The molecule has 10 rings (SSSR count). The van der Waals surface area contributed by atoms with Crippen LogP contribution in [0.2, 0.25) is 0 Å². The maximum atomic E-state index is 6.73. The van der Waals surface area contributed by atoms with Crippen LogP contribution in [0.15, 0.2) is 147 Å². The highest BCUT2D eigenvalue weighted by molar-refractivity contribution is 6.33. The molecule has 0 unspecified atom stereocenters. The van der Waals surface area contributed by atoms with E-state index in [1.54, 1.807) is 0 Å². The highest BCUT2D eigenvalue weighted by Gasteiger charge is 2.24. The third-order valence-corrected chi connectivity index (χ3v) is 8.69. The molecule has 0 aliphatic heterocycles. The SMILES string of the molecule is c1ccc(-c2cc(-c3cc4oc5ccc6oc7ccccc7c6c5c4c4oc5ccccc5c34)nc(-c3ccccc3)n2)cc1. The van der Waals surface area contributed by atoms with Crippen LogP contribution in [0.5, 0.6) is 0 Å². The molecule has 0 radical (unpaired) electrons. The second-order valence-corrected chi connectivity index (χ2v) is 11.3. The van der Waals surface area contributed by atoms with Crippen LogP contribution in [0, 0.1) is 0 Å². The molecule has 0 saturated heterocycles. The highest BCUT2D eigenvalue weighted by atomic mass is 16.3. The van der Waals surface area contributed by atoms with Crippen molar-refractivity contribution in [2.75, 3.05) is 0 Å². The summed E-state index contributed by atoms with van der Waals surface area (Å²) in [5.41, 5.74) is 9.26. The molecule has 4 aromatic heterocycles. The summed E-state index contributed by atoms with van der Waals surface area (Å²) in [4.78, 5) is 10.2. The number of nitrogens with zero attached hydrogens (tertiary/aromatic N) is 2. The number of hydrogen-bond donors (Lipinski definition) is 0. The largest absolute Gasteiger partial charge is 0.456 e. The second-order valence-electron chi connectivity index (χ2n) is 11.3. The third-order valence-electron chi connectivity index (χ3n) is 8.69. The molecule has 5 nitrogen and oxygen atoms in total. The van der Waals surface area contributed by atoms with Crippen LogP contribution in [-0.2, 0) is 0 Å². The van der Waals surface area contributed by atoms with E-state index in [2.05, 4.69) is 36.4 Å². The van der Waals surface area contributed by atoms with Crippen molar-refractivity contribution < 1.29 is 13.3 Å². The van der Waals surface area contributed by atoms with E-state index >= 15 is 0 Å². The van der Waals surface area contributed by atoms with Gasteiger partial charge in [-0.1, -0.05) is 97.1 Å². The zero-order valence-corrected chi connectivity index (χ0v) is 23.8. The first-order valence-corrected chi connectivity index (χ1v) is 14.9. The minimum atomic E-state index is 0.657. The third kappa shape index (κ3) is 3.55. The van der Waals surface area contributed by atoms with Crippen LogP contribution in [0.1, 0.15) is 0 Å². The lowest BCUT2D eigenvalue weighted by Gasteiger charge is -2.10. The first kappa shape index (κ1) is 24.3. The van der Waals surface area contributed by atoms with Gasteiger partial charge in [-0.2, -0.15) is 0 Å². The number of aromatic nitrogens is 2. The highest BCUT2D eigenvalue weighted by Crippen LogP contribution is 2.47. The van der Waals surface area contributed by atoms with Gasteiger partial charge in [-0.25, -0.2) is 9.97 Å². The van der Waals surface area contributed by atoms with E-state index in [4.69, 9.17) is 23.2 Å². The van der Waals surface area contributed by atoms with Gasteiger partial charge in [0.05, 0.1) is 16.8 Å². The van der Waals surface area contributed by atoms with Crippen molar-refractivity contribution in [3.63, 3.8) is 0 Å². The van der Waals surface area contributed by atoms with Crippen LogP contribution in [0.4, 0.5) is 0 Å². The predicted molar refractivity (Wildman–Crippen MR) is 180 cm³/mol. The van der Waals surface area contributed by atoms with Crippen molar-refractivity contribution >= 4 is 65.8 Å². The Balaban J connectivity index is 1.36. The smallest absolute Gasteiger partial charge is 0.160 e. The molecule has 6 aromatic carbocycles. The molecule has 0 fully saturated rings. The molecule has 5 heteroatoms. The minimum Gasteiger partial charge on any atom is -0.456 e. The Kier molecular flexibility index (Phi) is 4.93. The van der Waals surface area contributed by atoms with Gasteiger partial charge in [0.1, 0.15) is 33.5 Å². The molecule has 210 valence electrons. The summed E-state index contributed by atoms with van der Waals surface area (Å²) in [6.45, 7) is 0. The lowest BCUT2D eigenvalue weighted by molar-refractivity contribution is 0.660. The second kappa shape index (κ2) is 9.15. The Morgan fingerprint density at radius 1 is 0.378 bits per heavy atom. The number of furan rings is 3. The van der Waals surface area contributed by atoms with Gasteiger partial charge in [-0.15, -0.1) is 0 Å². The van der Waals surface area contributed by atoms with Crippen molar-refractivity contribution in [2.45, 2.75) is 0 Å². The molecule has 0 N–H and O–H groups in total. The number of hydrogen-bond acceptors (Lipinski definition) is 5. The van der Waals surface area contributed by atoms with Gasteiger partial charge < -0.3 is 13.3 Å². The molecule has 0 aliphatic carbocycles. The van der Waals surface area contributed by atoms with Crippen LogP contribution < -0.4 is 0 Å². The summed E-state index contributed by atoms with van der Waals surface area (Å²) >= 11 is 0. The first-order valence-electron chi connectivity index (χ1n) is 14.9. The van der Waals surface area contributed by atoms with E-state index in [9.17, 15) is 0 Å². The summed E-state index contributed by atoms with van der Waals surface area (Å²) in [5, 5.41) is 5.99. The molecule has 45 heavy (non-hydrogen) atoms. The predicted octanol–water partition coefficient (Wildman–Crippen LogP) is 11.2. The quantitative estimate of drug-likeness (QED) is 0.209. The zero-order chi connectivity index (χ0) is 29.5. The molecule has 0 atom stereocenters. The fraction of sp³-hybridized carbons (Fsp3) is 0. The Morgan fingerprint density at radius 3 is 1.71 bits per heavy atom. The van der Waals surface area contributed by atoms with Gasteiger partial charge >= 0.3 is 0 Å². The van der Waals surface area contributed by atoms with Gasteiger partial charge in [0.15, 0.2) is 5.82 Å². The molecule has 10 aromatic rings. The zero-order valence-electron chi connectivity index (χ0n) is 23.8. The standard InChI is InChI=1S/C40H22N2O3/c1-3-11-23(12-4-1)28-22-29(42-40(41-28)24-13-5-2-6-14-24)27-21-34-38(39-35(27)25-15-7-10-18-31(25)45-39)37-33(44-34)20-19-32-36(37)26-16-8-9-17-30(26)43-32/h1-22H. The van der Waals surface area contributed by atoms with Crippen LogP contribution in [-0.4, -0.2) is 9.97 Å². The Morgan fingerprint density at radius 2 is 0.956 bits per heavy atom. The fourth-order valence-corrected chi connectivity index (χ4v) is 6.70. The summed E-state index contributed by atoms with van der Waals surface area (Å²) in [6, 6.07) is 44.8. The maximum Gasteiger partial charge on any atom is 0.160 e. The number of fused-ring (bicyclic) bond motifs is 11.